The first-order chi connectivity index (χ1) is 5.61. The summed E-state index contributed by atoms with van der Waals surface area (Å²) in [6, 6.07) is 0. The smallest absolute Gasteiger partial charge is 0.150 e. The zero-order valence-electron chi connectivity index (χ0n) is 7.49. The van der Waals surface area contributed by atoms with Gasteiger partial charge in [-0.1, -0.05) is 12.2 Å². The number of hydrogen-bond donors (Lipinski definition) is 0. The first-order valence-corrected chi connectivity index (χ1v) is 6.40. The summed E-state index contributed by atoms with van der Waals surface area (Å²) < 4.78 is 22.5. The van der Waals surface area contributed by atoms with E-state index >= 15 is 0 Å². The lowest BCUT2D eigenvalue weighted by Gasteiger charge is -2.14. The fraction of sp³-hybridized carbons (Fsp3) is 0.778. The lowest BCUT2D eigenvalue weighted by Crippen LogP contribution is -2.20. The monoisotopic (exact) mass is 188 g/mol. The van der Waals surface area contributed by atoms with E-state index in [1.165, 1.54) is 6.26 Å². The quantitative estimate of drug-likeness (QED) is 0.589. The second-order valence-electron chi connectivity index (χ2n) is 3.43. The van der Waals surface area contributed by atoms with Gasteiger partial charge in [0.05, 0.1) is 5.25 Å². The normalized spacial score (nSPS) is 28.9. The third kappa shape index (κ3) is 2.97. The minimum atomic E-state index is -2.80. The molecule has 0 aliphatic heterocycles. The molecule has 0 heterocycles. The van der Waals surface area contributed by atoms with Gasteiger partial charge in [0.25, 0.3) is 0 Å². The summed E-state index contributed by atoms with van der Waals surface area (Å²) in [5, 5.41) is -0.0950. The maximum absolute atomic E-state index is 11.2. The summed E-state index contributed by atoms with van der Waals surface area (Å²) in [4.78, 5) is 0. The Morgan fingerprint density at radius 2 is 1.83 bits per heavy atom. The Balaban J connectivity index is 2.60. The highest BCUT2D eigenvalue weighted by molar-refractivity contribution is 7.91. The van der Waals surface area contributed by atoms with Crippen LogP contribution in [0.1, 0.15) is 32.1 Å². The van der Waals surface area contributed by atoms with E-state index in [-0.39, 0.29) is 5.25 Å². The minimum Gasteiger partial charge on any atom is -0.229 e. The van der Waals surface area contributed by atoms with Gasteiger partial charge in [-0.15, -0.1) is 0 Å². The van der Waals surface area contributed by atoms with E-state index in [9.17, 15) is 8.42 Å². The summed E-state index contributed by atoms with van der Waals surface area (Å²) in [7, 11) is -2.80. The molecular formula is C9H16O2S. The van der Waals surface area contributed by atoms with Crippen molar-refractivity contribution in [2.45, 2.75) is 37.4 Å². The molecule has 0 spiro atoms. The summed E-state index contributed by atoms with van der Waals surface area (Å²) in [5.41, 5.74) is 0. The van der Waals surface area contributed by atoms with E-state index in [2.05, 4.69) is 12.2 Å². The van der Waals surface area contributed by atoms with Crippen LogP contribution >= 0.6 is 0 Å². The van der Waals surface area contributed by atoms with Gasteiger partial charge in [0.15, 0.2) is 0 Å². The highest BCUT2D eigenvalue weighted by Crippen LogP contribution is 2.18. The molecule has 0 saturated carbocycles. The van der Waals surface area contributed by atoms with Crippen molar-refractivity contribution in [3.8, 4) is 0 Å². The molecule has 0 aromatic heterocycles. The molecule has 0 saturated heterocycles. The minimum absolute atomic E-state index is 0.0950. The Labute approximate surface area is 74.6 Å². The molecule has 2 nitrogen and oxygen atoms in total. The van der Waals surface area contributed by atoms with Crippen molar-refractivity contribution in [2.24, 2.45) is 0 Å². The van der Waals surface area contributed by atoms with Gasteiger partial charge >= 0.3 is 0 Å². The van der Waals surface area contributed by atoms with E-state index in [0.717, 1.165) is 32.1 Å². The van der Waals surface area contributed by atoms with Gasteiger partial charge in [-0.05, 0) is 32.1 Å². The predicted octanol–water partition coefficient (Wildman–Crippen LogP) is 1.92. The summed E-state index contributed by atoms with van der Waals surface area (Å²) in [6.45, 7) is 0. The standard InChI is InChI=1S/C9H16O2S/c1-12(10,11)9-7-5-3-2-4-6-8-9/h2-3,9H,4-8H2,1H3/b3-2-. The first-order valence-electron chi connectivity index (χ1n) is 4.44. The van der Waals surface area contributed by atoms with Crippen LogP contribution in [0.2, 0.25) is 0 Å². The zero-order valence-corrected chi connectivity index (χ0v) is 8.31. The van der Waals surface area contributed by atoms with E-state index in [1.54, 1.807) is 0 Å². The largest absolute Gasteiger partial charge is 0.229 e. The molecule has 0 aromatic rings. The molecule has 12 heavy (non-hydrogen) atoms. The van der Waals surface area contributed by atoms with Gasteiger partial charge in [-0.25, -0.2) is 8.42 Å². The molecule has 0 amide bonds. The van der Waals surface area contributed by atoms with Crippen LogP contribution in [-0.2, 0) is 9.84 Å². The predicted molar refractivity (Wildman–Crippen MR) is 50.9 cm³/mol. The highest BCUT2D eigenvalue weighted by atomic mass is 32.2. The van der Waals surface area contributed by atoms with E-state index in [4.69, 9.17) is 0 Å². The second kappa shape index (κ2) is 4.08. The fourth-order valence-corrected chi connectivity index (χ4v) is 2.71. The molecule has 70 valence electrons. The van der Waals surface area contributed by atoms with Crippen molar-refractivity contribution in [3.63, 3.8) is 0 Å². The Kier molecular flexibility index (Phi) is 3.32. The van der Waals surface area contributed by atoms with Crippen molar-refractivity contribution in [1.82, 2.24) is 0 Å². The molecule has 0 bridgehead atoms. The molecule has 0 radical (unpaired) electrons. The number of hydrogen-bond acceptors (Lipinski definition) is 2. The molecule has 1 atom stereocenters. The Morgan fingerprint density at radius 1 is 1.17 bits per heavy atom. The highest BCUT2D eigenvalue weighted by Gasteiger charge is 2.19. The summed E-state index contributed by atoms with van der Waals surface area (Å²) >= 11 is 0. The molecular weight excluding hydrogens is 172 g/mol. The van der Waals surface area contributed by atoms with Crippen molar-refractivity contribution in [2.75, 3.05) is 6.26 Å². The van der Waals surface area contributed by atoms with Crippen LogP contribution in [0.3, 0.4) is 0 Å². The van der Waals surface area contributed by atoms with E-state index in [0.29, 0.717) is 0 Å². The van der Waals surface area contributed by atoms with E-state index in [1.807, 2.05) is 0 Å². The first kappa shape index (κ1) is 9.78. The maximum Gasteiger partial charge on any atom is 0.150 e. The maximum atomic E-state index is 11.2. The number of sulfone groups is 1. The topological polar surface area (TPSA) is 34.1 Å². The average molecular weight is 188 g/mol. The van der Waals surface area contributed by atoms with Crippen LogP contribution in [0.4, 0.5) is 0 Å². The van der Waals surface area contributed by atoms with Gasteiger partial charge < -0.3 is 0 Å². The third-order valence-corrected chi connectivity index (χ3v) is 4.01. The van der Waals surface area contributed by atoms with Gasteiger partial charge in [0, 0.05) is 6.26 Å². The van der Waals surface area contributed by atoms with Crippen LogP contribution in [0, 0.1) is 0 Å². The Hall–Kier alpha value is -0.310. The van der Waals surface area contributed by atoms with Crippen molar-refractivity contribution >= 4 is 9.84 Å². The Bertz CT molecular complexity index is 252. The van der Waals surface area contributed by atoms with Gasteiger partial charge in [0.2, 0.25) is 0 Å². The van der Waals surface area contributed by atoms with Crippen molar-refractivity contribution < 1.29 is 8.42 Å². The van der Waals surface area contributed by atoms with Crippen LogP contribution in [0.5, 0.6) is 0 Å². The zero-order chi connectivity index (χ0) is 9.03. The molecule has 1 rings (SSSR count). The molecule has 1 aliphatic rings. The van der Waals surface area contributed by atoms with Gasteiger partial charge in [-0.2, -0.15) is 0 Å². The van der Waals surface area contributed by atoms with Gasteiger partial charge in [0.1, 0.15) is 9.84 Å². The molecule has 1 aliphatic carbocycles. The van der Waals surface area contributed by atoms with E-state index < -0.39 is 9.84 Å². The van der Waals surface area contributed by atoms with Crippen LogP contribution in [0.25, 0.3) is 0 Å². The van der Waals surface area contributed by atoms with Crippen LogP contribution < -0.4 is 0 Å². The SMILES string of the molecule is CS(=O)(=O)C1CC/C=C\CCC1. The van der Waals surface area contributed by atoms with Crippen LogP contribution in [-0.4, -0.2) is 19.9 Å². The molecule has 0 aromatic carbocycles. The lowest BCUT2D eigenvalue weighted by atomic mass is 10.1. The Morgan fingerprint density at radius 3 is 2.50 bits per heavy atom. The number of allylic oxidation sites excluding steroid dienone is 2. The molecule has 3 heteroatoms. The molecule has 0 fully saturated rings. The fourth-order valence-electron chi connectivity index (χ4n) is 1.55. The lowest BCUT2D eigenvalue weighted by molar-refractivity contribution is 0.557. The summed E-state index contributed by atoms with van der Waals surface area (Å²) in [5.74, 6) is 0. The number of rotatable bonds is 1. The third-order valence-electron chi connectivity index (χ3n) is 2.32. The van der Waals surface area contributed by atoms with Crippen molar-refractivity contribution in [3.05, 3.63) is 12.2 Å². The van der Waals surface area contributed by atoms with Gasteiger partial charge in [-0.3, -0.25) is 0 Å². The molecule has 1 unspecified atom stereocenters. The molecule has 0 N–H and O–H groups in total. The van der Waals surface area contributed by atoms with Crippen LogP contribution in [0.15, 0.2) is 12.2 Å². The summed E-state index contributed by atoms with van der Waals surface area (Å²) in [6.07, 6.45) is 10.2. The van der Waals surface area contributed by atoms with Crippen molar-refractivity contribution in [1.29, 1.82) is 0 Å². The average Bonchev–Trinajstić information content (AvgIpc) is 1.81. The second-order valence-corrected chi connectivity index (χ2v) is 5.76.